The maximum absolute atomic E-state index is 12.0. The Morgan fingerprint density at radius 1 is 1.32 bits per heavy atom. The summed E-state index contributed by atoms with van der Waals surface area (Å²) in [5.41, 5.74) is 0. The van der Waals surface area contributed by atoms with Gasteiger partial charge in [-0.25, -0.2) is 0 Å². The van der Waals surface area contributed by atoms with Gasteiger partial charge in [0, 0.05) is 25.2 Å². The van der Waals surface area contributed by atoms with Crippen molar-refractivity contribution in [1.82, 2.24) is 14.7 Å². The van der Waals surface area contributed by atoms with E-state index in [0.29, 0.717) is 18.8 Å². The van der Waals surface area contributed by atoms with Crippen LogP contribution in [-0.4, -0.2) is 52.7 Å². The topological polar surface area (TPSA) is 93.5 Å². The Labute approximate surface area is 128 Å². The fourth-order valence-corrected chi connectivity index (χ4v) is 2.27. The molecule has 2 rings (SSSR count). The summed E-state index contributed by atoms with van der Waals surface area (Å²) < 4.78 is 5.91. The normalized spacial score (nSPS) is 15.3. The molecule has 0 saturated carbocycles. The molecule has 120 valence electrons. The number of nitrogens with zero attached hydrogens (tertiary/aromatic N) is 3. The number of carbonyl (C=O) groups is 3. The van der Waals surface area contributed by atoms with Gasteiger partial charge in [0.25, 0.3) is 0 Å². The van der Waals surface area contributed by atoms with E-state index in [1.165, 1.54) is 11.8 Å². The first-order valence-electron chi connectivity index (χ1n) is 7.26. The van der Waals surface area contributed by atoms with Crippen molar-refractivity contribution >= 4 is 23.6 Å². The molecule has 8 nitrogen and oxygen atoms in total. The molecule has 0 unspecified atom stereocenters. The van der Waals surface area contributed by atoms with Crippen molar-refractivity contribution in [2.45, 2.75) is 32.2 Å². The number of rotatable bonds is 5. The molecule has 1 saturated heterocycles. The molecule has 0 aliphatic carbocycles. The van der Waals surface area contributed by atoms with Gasteiger partial charge in [0.2, 0.25) is 11.8 Å². The van der Waals surface area contributed by atoms with Crippen molar-refractivity contribution in [3.8, 4) is 0 Å². The average Bonchev–Trinajstić information content (AvgIpc) is 2.81. The van der Waals surface area contributed by atoms with Crippen molar-refractivity contribution in [2.75, 3.05) is 25.5 Å². The fraction of sp³-hybridized carbons (Fsp3) is 0.571. The van der Waals surface area contributed by atoms with Gasteiger partial charge in [0.15, 0.2) is 5.82 Å². The van der Waals surface area contributed by atoms with Gasteiger partial charge >= 0.3 is 5.97 Å². The highest BCUT2D eigenvalue weighted by Crippen LogP contribution is 2.11. The smallest absolute Gasteiger partial charge is 0.327 e. The van der Waals surface area contributed by atoms with Crippen LogP contribution in [0.4, 0.5) is 5.82 Å². The summed E-state index contributed by atoms with van der Waals surface area (Å²) >= 11 is 0. The molecule has 1 aromatic heterocycles. The third-order valence-corrected chi connectivity index (χ3v) is 3.43. The van der Waals surface area contributed by atoms with E-state index < -0.39 is 5.97 Å². The van der Waals surface area contributed by atoms with E-state index in [1.54, 1.807) is 17.2 Å². The number of nitrogens with one attached hydrogen (secondary N) is 1. The Morgan fingerprint density at radius 2 is 2.14 bits per heavy atom. The third kappa shape index (κ3) is 4.57. The highest BCUT2D eigenvalue weighted by molar-refractivity contribution is 5.93. The van der Waals surface area contributed by atoms with Gasteiger partial charge in [-0.15, -0.1) is 0 Å². The molecule has 1 fully saturated rings. The van der Waals surface area contributed by atoms with E-state index in [2.05, 4.69) is 15.2 Å². The molecular weight excluding hydrogens is 288 g/mol. The minimum Gasteiger partial charge on any atom is -0.468 e. The number of likely N-dealkylation sites (tertiary alicyclic amines) is 1. The van der Waals surface area contributed by atoms with Crippen LogP contribution < -0.4 is 5.32 Å². The fourth-order valence-electron chi connectivity index (χ4n) is 2.27. The van der Waals surface area contributed by atoms with Crippen LogP contribution in [0.5, 0.6) is 0 Å². The van der Waals surface area contributed by atoms with E-state index in [4.69, 9.17) is 0 Å². The van der Waals surface area contributed by atoms with E-state index in [9.17, 15) is 14.4 Å². The van der Waals surface area contributed by atoms with Gasteiger partial charge in [0.05, 0.1) is 13.7 Å². The maximum Gasteiger partial charge on any atom is 0.327 e. The van der Waals surface area contributed by atoms with Gasteiger partial charge in [-0.1, -0.05) is 6.42 Å². The predicted molar refractivity (Wildman–Crippen MR) is 77.9 cm³/mol. The van der Waals surface area contributed by atoms with Crippen molar-refractivity contribution in [3.63, 3.8) is 0 Å². The van der Waals surface area contributed by atoms with Crippen molar-refractivity contribution < 1.29 is 19.1 Å². The van der Waals surface area contributed by atoms with Gasteiger partial charge in [-0.3, -0.25) is 19.1 Å². The van der Waals surface area contributed by atoms with Crippen LogP contribution in [0.15, 0.2) is 12.3 Å². The molecule has 2 heterocycles. The second-order valence-electron chi connectivity index (χ2n) is 5.15. The number of methoxy groups -OCH3 is 1. The number of esters is 1. The molecule has 0 bridgehead atoms. The first-order valence-corrected chi connectivity index (χ1v) is 7.26. The molecule has 1 aliphatic rings. The van der Waals surface area contributed by atoms with E-state index in [1.807, 2.05) is 0 Å². The van der Waals surface area contributed by atoms with E-state index >= 15 is 0 Å². The average molecular weight is 308 g/mol. The second-order valence-corrected chi connectivity index (χ2v) is 5.15. The summed E-state index contributed by atoms with van der Waals surface area (Å²) in [4.78, 5) is 36.5. The predicted octanol–water partition coefficient (Wildman–Crippen LogP) is 0.397. The zero-order chi connectivity index (χ0) is 15.9. The summed E-state index contributed by atoms with van der Waals surface area (Å²) in [6.45, 7) is 0.628. The van der Waals surface area contributed by atoms with Crippen LogP contribution in [0.2, 0.25) is 0 Å². The minimum atomic E-state index is -0.420. The van der Waals surface area contributed by atoms with Gasteiger partial charge in [-0.2, -0.15) is 5.10 Å². The summed E-state index contributed by atoms with van der Waals surface area (Å²) in [6, 6.07) is 1.59. The monoisotopic (exact) mass is 308 g/mol. The molecule has 0 aromatic carbocycles. The number of hydrogen-bond donors (Lipinski definition) is 1. The lowest BCUT2D eigenvalue weighted by molar-refractivity contribution is -0.141. The Balaban J connectivity index is 1.86. The number of carbonyl (C=O) groups excluding carboxylic acids is 3. The van der Waals surface area contributed by atoms with E-state index in [0.717, 1.165) is 19.3 Å². The van der Waals surface area contributed by atoms with Crippen LogP contribution >= 0.6 is 0 Å². The van der Waals surface area contributed by atoms with Crippen LogP contribution in [0.3, 0.4) is 0 Å². The van der Waals surface area contributed by atoms with Crippen molar-refractivity contribution in [1.29, 1.82) is 0 Å². The SMILES string of the molecule is COC(=O)Cn1ccc(NC(=O)CN2CCCCCC2=O)n1. The molecule has 0 atom stereocenters. The third-order valence-electron chi connectivity index (χ3n) is 3.43. The lowest BCUT2D eigenvalue weighted by atomic mass is 10.2. The first-order chi connectivity index (χ1) is 10.6. The summed E-state index contributed by atoms with van der Waals surface area (Å²) in [5.74, 6) is -0.352. The molecule has 0 spiro atoms. The van der Waals surface area contributed by atoms with Crippen LogP contribution in [-0.2, 0) is 25.7 Å². The molecular formula is C14H20N4O4. The largest absolute Gasteiger partial charge is 0.468 e. The van der Waals surface area contributed by atoms with Crippen LogP contribution in [0.25, 0.3) is 0 Å². The van der Waals surface area contributed by atoms with Gasteiger partial charge < -0.3 is 15.0 Å². The van der Waals surface area contributed by atoms with Gasteiger partial charge in [0.1, 0.15) is 6.54 Å². The Hall–Kier alpha value is -2.38. The van der Waals surface area contributed by atoms with Crippen molar-refractivity contribution in [2.24, 2.45) is 0 Å². The molecule has 0 radical (unpaired) electrons. The quantitative estimate of drug-likeness (QED) is 0.795. The highest BCUT2D eigenvalue weighted by atomic mass is 16.5. The molecule has 2 amide bonds. The van der Waals surface area contributed by atoms with Gasteiger partial charge in [-0.05, 0) is 12.8 Å². The zero-order valence-electron chi connectivity index (χ0n) is 12.6. The molecule has 8 heteroatoms. The molecule has 22 heavy (non-hydrogen) atoms. The summed E-state index contributed by atoms with van der Waals surface area (Å²) in [5, 5.41) is 6.67. The molecule has 1 aliphatic heterocycles. The number of ether oxygens (including phenoxy) is 1. The molecule has 1 aromatic rings. The lowest BCUT2D eigenvalue weighted by Gasteiger charge is -2.19. The number of aromatic nitrogens is 2. The summed E-state index contributed by atoms with van der Waals surface area (Å²) in [7, 11) is 1.30. The standard InChI is InChI=1S/C14H20N4O4/c1-22-14(21)10-18-8-6-11(16-18)15-12(19)9-17-7-4-2-3-5-13(17)20/h6,8H,2-5,7,9-10H2,1H3,(H,15,16,19). The Bertz CT molecular complexity index is 555. The maximum atomic E-state index is 12.0. The molecule has 1 N–H and O–H groups in total. The zero-order valence-corrected chi connectivity index (χ0v) is 12.6. The number of hydrogen-bond acceptors (Lipinski definition) is 5. The minimum absolute atomic E-state index is 0.0169. The Morgan fingerprint density at radius 3 is 2.91 bits per heavy atom. The van der Waals surface area contributed by atoms with E-state index in [-0.39, 0.29) is 24.9 Å². The summed E-state index contributed by atoms with van der Waals surface area (Å²) in [6.07, 6.45) is 4.90. The highest BCUT2D eigenvalue weighted by Gasteiger charge is 2.19. The van der Waals surface area contributed by atoms with Crippen molar-refractivity contribution in [3.05, 3.63) is 12.3 Å². The lowest BCUT2D eigenvalue weighted by Crippen LogP contribution is -2.37. The van der Waals surface area contributed by atoms with Crippen LogP contribution in [0, 0.1) is 0 Å². The van der Waals surface area contributed by atoms with Crippen LogP contribution in [0.1, 0.15) is 25.7 Å². The first kappa shape index (κ1) is 16.0. The second kappa shape index (κ2) is 7.58. The Kier molecular flexibility index (Phi) is 5.51. The number of anilines is 1. The number of amides is 2.